The molecule has 10 heteroatoms. The van der Waals surface area contributed by atoms with Crippen LogP contribution in [0.3, 0.4) is 0 Å². The van der Waals surface area contributed by atoms with E-state index in [0.717, 1.165) is 18.2 Å². The normalized spacial score (nSPS) is 11.3. The third-order valence-electron chi connectivity index (χ3n) is 3.71. The van der Waals surface area contributed by atoms with Gasteiger partial charge in [0.05, 0.1) is 15.5 Å². The number of furan rings is 1. The maximum atomic E-state index is 12.7. The minimum Gasteiger partial charge on any atom is -0.451 e. The highest BCUT2D eigenvalue weighted by atomic mass is 35.5. The number of carbonyl (C=O) groups is 1. The molecule has 0 aliphatic rings. The molecule has 0 fully saturated rings. The van der Waals surface area contributed by atoms with Gasteiger partial charge >= 0.3 is 6.18 Å². The molecule has 3 rings (SSSR count). The summed E-state index contributed by atoms with van der Waals surface area (Å²) in [6, 6.07) is 10.6. The number of non-ortho nitro benzene ring substituents is 1. The number of carbonyl (C=O) groups excluding carboxylic acids is 1. The maximum absolute atomic E-state index is 12.7. The fourth-order valence-corrected chi connectivity index (χ4v) is 2.66. The molecule has 1 heterocycles. The van der Waals surface area contributed by atoms with E-state index >= 15 is 0 Å². The van der Waals surface area contributed by atoms with E-state index in [1.807, 2.05) is 0 Å². The molecule has 0 bridgehead atoms. The summed E-state index contributed by atoms with van der Waals surface area (Å²) in [7, 11) is 0. The van der Waals surface area contributed by atoms with Gasteiger partial charge in [0.15, 0.2) is 5.76 Å². The van der Waals surface area contributed by atoms with Crippen molar-refractivity contribution in [3.05, 3.63) is 81.1 Å². The number of anilines is 1. The highest BCUT2D eigenvalue weighted by molar-refractivity contribution is 6.33. The number of alkyl halides is 3. The Hall–Kier alpha value is -3.33. The maximum Gasteiger partial charge on any atom is 0.416 e. The number of nitro groups is 1. The van der Waals surface area contributed by atoms with Gasteiger partial charge in [0.1, 0.15) is 5.76 Å². The second-order valence-electron chi connectivity index (χ2n) is 5.62. The quantitative estimate of drug-likeness (QED) is 0.436. The van der Waals surface area contributed by atoms with Gasteiger partial charge in [-0.05, 0) is 36.4 Å². The average molecular weight is 411 g/mol. The van der Waals surface area contributed by atoms with E-state index in [1.165, 1.54) is 36.4 Å². The number of nitro benzene ring substituents is 1. The first-order chi connectivity index (χ1) is 13.1. The molecular formula is C18H10ClF3N2O4. The molecule has 1 N–H and O–H groups in total. The summed E-state index contributed by atoms with van der Waals surface area (Å²) in [5.74, 6) is -0.750. The molecule has 0 aliphatic carbocycles. The minimum absolute atomic E-state index is 0.0494. The molecule has 0 saturated carbocycles. The standard InChI is InChI=1S/C18H10ClF3N2O4/c19-14-9-12(24(26)27)4-5-13(14)15-6-7-16(28-15)17(25)23-11-3-1-2-10(8-11)18(20,21)22/h1-9H,(H,23,25). The van der Waals surface area contributed by atoms with Crippen molar-refractivity contribution in [1.82, 2.24) is 0 Å². The van der Waals surface area contributed by atoms with Crippen molar-refractivity contribution in [2.75, 3.05) is 5.32 Å². The van der Waals surface area contributed by atoms with E-state index in [4.69, 9.17) is 16.0 Å². The fourth-order valence-electron chi connectivity index (χ4n) is 2.39. The molecular weight excluding hydrogens is 401 g/mol. The summed E-state index contributed by atoms with van der Waals surface area (Å²) in [6.07, 6.45) is -4.54. The first-order valence-electron chi connectivity index (χ1n) is 7.68. The molecule has 144 valence electrons. The first kappa shape index (κ1) is 19.4. The Kier molecular flexibility index (Phi) is 5.10. The van der Waals surface area contributed by atoms with Crippen LogP contribution in [0.1, 0.15) is 16.1 Å². The van der Waals surface area contributed by atoms with Gasteiger partial charge in [0.25, 0.3) is 11.6 Å². The van der Waals surface area contributed by atoms with Crippen molar-refractivity contribution in [3.63, 3.8) is 0 Å². The van der Waals surface area contributed by atoms with Crippen LogP contribution in [-0.2, 0) is 6.18 Å². The van der Waals surface area contributed by atoms with Crippen LogP contribution in [0.25, 0.3) is 11.3 Å². The molecule has 6 nitrogen and oxygen atoms in total. The van der Waals surface area contributed by atoms with Gasteiger partial charge in [0.2, 0.25) is 0 Å². The second kappa shape index (κ2) is 7.35. The van der Waals surface area contributed by atoms with E-state index in [0.29, 0.717) is 5.56 Å². The number of nitrogens with zero attached hydrogens (tertiary/aromatic N) is 1. The van der Waals surface area contributed by atoms with Crippen LogP contribution < -0.4 is 5.32 Å². The number of hydrogen-bond acceptors (Lipinski definition) is 4. The van der Waals surface area contributed by atoms with Crippen LogP contribution in [0, 0.1) is 10.1 Å². The van der Waals surface area contributed by atoms with Crippen LogP contribution in [0.2, 0.25) is 5.02 Å². The summed E-state index contributed by atoms with van der Waals surface area (Å²) >= 11 is 6.02. The Bertz CT molecular complexity index is 1060. The van der Waals surface area contributed by atoms with Crippen molar-refractivity contribution in [1.29, 1.82) is 0 Å². The lowest BCUT2D eigenvalue weighted by Gasteiger charge is -2.09. The van der Waals surface area contributed by atoms with Crippen molar-refractivity contribution in [2.45, 2.75) is 6.18 Å². The molecule has 3 aromatic rings. The fraction of sp³-hybridized carbons (Fsp3) is 0.0556. The molecule has 2 aromatic carbocycles. The molecule has 0 unspecified atom stereocenters. The summed E-state index contributed by atoms with van der Waals surface area (Å²) in [5.41, 5.74) is -0.831. The Morgan fingerprint density at radius 3 is 2.50 bits per heavy atom. The van der Waals surface area contributed by atoms with Gasteiger partial charge in [-0.1, -0.05) is 17.7 Å². The van der Waals surface area contributed by atoms with Gasteiger partial charge < -0.3 is 9.73 Å². The lowest BCUT2D eigenvalue weighted by molar-refractivity contribution is -0.384. The predicted octanol–water partition coefficient (Wildman–Crippen LogP) is 5.78. The zero-order chi connectivity index (χ0) is 20.5. The molecule has 0 atom stereocenters. The monoisotopic (exact) mass is 410 g/mol. The highest BCUT2D eigenvalue weighted by Crippen LogP contribution is 2.33. The van der Waals surface area contributed by atoms with Gasteiger partial charge in [-0.25, -0.2) is 0 Å². The summed E-state index contributed by atoms with van der Waals surface area (Å²) in [4.78, 5) is 22.4. The third kappa shape index (κ3) is 4.15. The van der Waals surface area contributed by atoms with Crippen LogP contribution >= 0.6 is 11.6 Å². The zero-order valence-electron chi connectivity index (χ0n) is 13.8. The predicted molar refractivity (Wildman–Crippen MR) is 95.2 cm³/mol. The zero-order valence-corrected chi connectivity index (χ0v) is 14.5. The topological polar surface area (TPSA) is 85.4 Å². The van der Waals surface area contributed by atoms with E-state index < -0.39 is 22.6 Å². The van der Waals surface area contributed by atoms with Gasteiger partial charge in [0, 0.05) is 23.4 Å². The molecule has 28 heavy (non-hydrogen) atoms. The van der Waals surface area contributed by atoms with E-state index in [9.17, 15) is 28.1 Å². The molecule has 1 amide bonds. The van der Waals surface area contributed by atoms with Crippen LogP contribution in [0.15, 0.2) is 59.0 Å². The number of amides is 1. The molecule has 0 saturated heterocycles. The van der Waals surface area contributed by atoms with Crippen molar-refractivity contribution < 1.29 is 27.3 Å². The lowest BCUT2D eigenvalue weighted by Crippen LogP contribution is -2.12. The smallest absolute Gasteiger partial charge is 0.416 e. The third-order valence-corrected chi connectivity index (χ3v) is 4.02. The van der Waals surface area contributed by atoms with Crippen molar-refractivity contribution >= 4 is 28.9 Å². The average Bonchev–Trinajstić information content (AvgIpc) is 3.11. The van der Waals surface area contributed by atoms with Crippen molar-refractivity contribution in [3.8, 4) is 11.3 Å². The van der Waals surface area contributed by atoms with Gasteiger partial charge in [-0.3, -0.25) is 14.9 Å². The van der Waals surface area contributed by atoms with Crippen LogP contribution in [0.4, 0.5) is 24.5 Å². The minimum atomic E-state index is -4.54. The number of halogens is 4. The van der Waals surface area contributed by atoms with Gasteiger partial charge in [-0.15, -0.1) is 0 Å². The van der Waals surface area contributed by atoms with Crippen LogP contribution in [0.5, 0.6) is 0 Å². The number of nitrogens with one attached hydrogen (secondary N) is 1. The highest BCUT2D eigenvalue weighted by Gasteiger charge is 2.30. The summed E-state index contributed by atoms with van der Waals surface area (Å²) in [6.45, 7) is 0. The van der Waals surface area contributed by atoms with Gasteiger partial charge in [-0.2, -0.15) is 13.2 Å². The Morgan fingerprint density at radius 1 is 1.11 bits per heavy atom. The van der Waals surface area contributed by atoms with Crippen LogP contribution in [-0.4, -0.2) is 10.8 Å². The Balaban J connectivity index is 1.81. The number of rotatable bonds is 4. The first-order valence-corrected chi connectivity index (χ1v) is 8.06. The largest absolute Gasteiger partial charge is 0.451 e. The van der Waals surface area contributed by atoms with E-state index in [-0.39, 0.29) is 27.9 Å². The Labute approximate surface area is 160 Å². The second-order valence-corrected chi connectivity index (χ2v) is 6.03. The molecule has 0 spiro atoms. The lowest BCUT2D eigenvalue weighted by atomic mass is 10.1. The molecule has 1 aromatic heterocycles. The summed E-state index contributed by atoms with van der Waals surface area (Å²) < 4.78 is 43.6. The molecule has 0 aliphatic heterocycles. The summed E-state index contributed by atoms with van der Waals surface area (Å²) in [5, 5.41) is 13.1. The number of benzene rings is 2. The molecule has 0 radical (unpaired) electrons. The van der Waals surface area contributed by atoms with E-state index in [1.54, 1.807) is 0 Å². The SMILES string of the molecule is O=C(Nc1cccc(C(F)(F)F)c1)c1ccc(-c2ccc([N+](=O)[O-])cc2Cl)o1. The van der Waals surface area contributed by atoms with Crippen molar-refractivity contribution in [2.24, 2.45) is 0 Å². The Morgan fingerprint density at radius 2 is 1.86 bits per heavy atom. The van der Waals surface area contributed by atoms with E-state index in [2.05, 4.69) is 5.32 Å². The number of hydrogen-bond donors (Lipinski definition) is 1.